The third-order valence-electron chi connectivity index (χ3n) is 20.0. The number of halogens is 2. The minimum absolute atomic E-state index is 0.0203. The molecule has 3 fully saturated rings. The van der Waals surface area contributed by atoms with E-state index < -0.39 is 58.6 Å². The van der Waals surface area contributed by atoms with Gasteiger partial charge in [-0.15, -0.1) is 34.4 Å². The van der Waals surface area contributed by atoms with E-state index in [9.17, 15) is 53.5 Å². The second kappa shape index (κ2) is 30.1. The highest BCUT2D eigenvalue weighted by atomic mass is 79.9. The maximum atomic E-state index is 13.5. The number of hydrogen-bond acceptors (Lipinski definition) is 18. The Labute approximate surface area is 621 Å². The summed E-state index contributed by atoms with van der Waals surface area (Å²) in [7, 11) is -12.7. The lowest BCUT2D eigenvalue weighted by Crippen LogP contribution is -2.48. The van der Waals surface area contributed by atoms with Crippen LogP contribution in [0.5, 0.6) is 0 Å². The number of nitrogens with zero attached hydrogens (tertiary/aromatic N) is 6. The maximum Gasteiger partial charge on any atom is 0.360 e. The zero-order valence-corrected chi connectivity index (χ0v) is 63.8. The van der Waals surface area contributed by atoms with Crippen molar-refractivity contribution in [3.05, 3.63) is 196 Å². The molecule has 0 unspecified atom stereocenters. The van der Waals surface area contributed by atoms with Crippen LogP contribution < -0.4 is 30.1 Å². The normalized spacial score (nSPS) is 17.1. The van der Waals surface area contributed by atoms with Crippen LogP contribution in [0, 0.1) is 11.8 Å². The highest BCUT2D eigenvalue weighted by Crippen LogP contribution is 2.52. The molecule has 3 aromatic heterocycles. The number of carbonyl (C=O) groups excluding carboxylic acids is 4. The molecule has 14 rings (SSSR count). The van der Waals surface area contributed by atoms with Gasteiger partial charge in [-0.2, -0.15) is 16.8 Å². The molecule has 8 aromatic rings. The van der Waals surface area contributed by atoms with Gasteiger partial charge in [-0.25, -0.2) is 17.0 Å². The summed E-state index contributed by atoms with van der Waals surface area (Å²) in [5.74, 6) is 4.83. The lowest BCUT2D eigenvalue weighted by atomic mass is 9.74. The van der Waals surface area contributed by atoms with Gasteiger partial charge < -0.3 is 41.1 Å². The standard InChI is InChI=1S/C30H31N3O6S.C23H25N3O4S3.C18H19Br2N3O4S2/c1-2-38-28(34)20-40(36,37)33-21-30(25-18-23(19-31)9-12-26(25)33)14-16-32(17-15-30)29(35)27-13-11-24(39-27)10-8-22-6-4-3-5-7-22;1-31-22-17-5-3-2-4-16(17)20(32-22)21(27)25-10-8-23(9-11-25)14-26(33(28,29)30)19-7-6-15(13-24)12-18(19)23;19-13-8-15(28-16(13)20)17(24)22-5-3-18(4-6-22)10-23(29(25,26)27)14-2-1-11(9-21)7-12(14)18/h3-7,9,11-13,18H,2,14-17,19-21,31H2,1H3;2-7,12H,8-11,13-14,24H2,1H3,(H,28,29,30);1-2,7-8H,3-6,9-10,21H2,(H,25,26,27). The first-order valence-corrected chi connectivity index (χ1v) is 41.7. The van der Waals surface area contributed by atoms with Gasteiger partial charge in [0.1, 0.15) is 4.88 Å². The number of amides is 3. The SMILES string of the molecule is CCOC(=O)CS(=O)(=O)N1CC2(CCN(C(=O)c3ccc(C#Cc4ccccc4)o3)CC2)c2cc(CN)ccc21.CSc1sc(C(=O)N2CCC3(CC2)CN(S(=O)(=O)O)c2ccc(CN)cc23)c2ccccc12.NCc1ccc2c(c1)C1(CCN(C(=O)c3cc(Br)c(Br)s3)CC1)CN2S(=O)(=O)O. The second-order valence-corrected chi connectivity index (χ2v) is 35.8. The van der Waals surface area contributed by atoms with Crippen molar-refractivity contribution < 1.29 is 62.7 Å². The molecule has 23 nitrogen and oxygen atoms in total. The number of esters is 1. The summed E-state index contributed by atoms with van der Waals surface area (Å²) in [4.78, 5) is 58.5. The third kappa shape index (κ3) is 15.1. The Kier molecular flexibility index (Phi) is 22.0. The summed E-state index contributed by atoms with van der Waals surface area (Å²) < 4.78 is 111. The average Bonchev–Trinajstić information content (AvgIpc) is 1.59. The van der Waals surface area contributed by atoms with E-state index in [-0.39, 0.29) is 49.7 Å². The van der Waals surface area contributed by atoms with Gasteiger partial charge in [-0.3, -0.25) is 32.6 Å². The minimum atomic E-state index is -4.39. The Morgan fingerprint density at radius 2 is 1.02 bits per heavy atom. The summed E-state index contributed by atoms with van der Waals surface area (Å²) in [5, 5.41) is 2.09. The summed E-state index contributed by atoms with van der Waals surface area (Å²) in [6.45, 7) is 6.20. The molecule has 5 aromatic carbocycles. The minimum Gasteiger partial charge on any atom is -0.465 e. The van der Waals surface area contributed by atoms with Crippen LogP contribution in [-0.2, 0) is 76.0 Å². The van der Waals surface area contributed by atoms with Crippen molar-refractivity contribution in [2.75, 3.05) is 90.4 Å². The largest absolute Gasteiger partial charge is 0.465 e. The molecule has 538 valence electrons. The summed E-state index contributed by atoms with van der Waals surface area (Å²) in [5.41, 5.74) is 23.9. The first-order valence-electron chi connectivity index (χ1n) is 32.9. The van der Waals surface area contributed by atoms with Gasteiger partial charge in [0.15, 0.2) is 17.3 Å². The lowest BCUT2D eigenvalue weighted by molar-refractivity contribution is -0.140. The van der Waals surface area contributed by atoms with Crippen molar-refractivity contribution in [2.45, 2.75) is 85.5 Å². The van der Waals surface area contributed by atoms with Crippen molar-refractivity contribution >= 4 is 148 Å². The molecule has 3 amide bonds. The molecule has 6 aliphatic rings. The number of thiophene rings is 2. The van der Waals surface area contributed by atoms with E-state index in [1.807, 2.05) is 84.0 Å². The van der Waals surface area contributed by atoms with Gasteiger partial charge in [0.05, 0.1) is 36.5 Å². The Bertz CT molecular complexity index is 4960. The molecular formula is C71H75Br2N9O14S6. The Morgan fingerprint density at radius 3 is 1.47 bits per heavy atom. The van der Waals surface area contributed by atoms with Gasteiger partial charge in [-0.1, -0.05) is 84.8 Å². The fraction of sp³-hybridized carbons (Fsp3) is 0.352. The van der Waals surface area contributed by atoms with Crippen LogP contribution in [0.4, 0.5) is 17.1 Å². The molecule has 0 saturated carbocycles. The number of likely N-dealkylation sites (tertiary alicyclic amines) is 3. The highest BCUT2D eigenvalue weighted by Gasteiger charge is 2.52. The number of furan rings is 1. The summed E-state index contributed by atoms with van der Waals surface area (Å²) in [6, 6.07) is 39.0. The van der Waals surface area contributed by atoms with Crippen molar-refractivity contribution in [1.82, 2.24) is 14.7 Å². The Morgan fingerprint density at radius 1 is 0.569 bits per heavy atom. The number of benzene rings is 5. The fourth-order valence-electron chi connectivity index (χ4n) is 14.6. The molecule has 3 spiro atoms. The Balaban J connectivity index is 0.000000146. The first-order chi connectivity index (χ1) is 48.7. The molecule has 9 heterocycles. The number of thioether (sulfide) groups is 1. The van der Waals surface area contributed by atoms with Crippen molar-refractivity contribution in [1.29, 1.82) is 0 Å². The molecule has 3 saturated heterocycles. The predicted molar refractivity (Wildman–Crippen MR) is 403 cm³/mol. The molecule has 8 N–H and O–H groups in total. The van der Waals surface area contributed by atoms with E-state index in [0.717, 1.165) is 75.7 Å². The molecule has 0 aliphatic carbocycles. The van der Waals surface area contributed by atoms with Crippen LogP contribution in [0.2, 0.25) is 0 Å². The van der Waals surface area contributed by atoms with E-state index >= 15 is 0 Å². The molecule has 6 aliphatic heterocycles. The van der Waals surface area contributed by atoms with E-state index in [0.29, 0.717) is 125 Å². The molecule has 102 heavy (non-hydrogen) atoms. The van der Waals surface area contributed by atoms with Crippen LogP contribution in [0.3, 0.4) is 0 Å². The Hall–Kier alpha value is -7.16. The van der Waals surface area contributed by atoms with E-state index in [1.54, 1.807) is 83.1 Å². The molecule has 0 bridgehead atoms. The number of rotatable bonds is 13. The maximum absolute atomic E-state index is 13.5. The summed E-state index contributed by atoms with van der Waals surface area (Å²) >= 11 is 11.4. The second-order valence-electron chi connectivity index (χ2n) is 25.9. The smallest absolute Gasteiger partial charge is 0.360 e. The number of nitrogens with two attached hydrogens (primary N) is 3. The number of hydrogen-bond donors (Lipinski definition) is 5. The van der Waals surface area contributed by atoms with E-state index in [2.05, 4.69) is 43.7 Å². The fourth-order valence-corrected chi connectivity index (χ4v) is 21.7. The third-order valence-corrected chi connectivity index (χ3v) is 29.0. The topological polar surface area (TPSA) is 331 Å². The molecule has 0 atom stereocenters. The first kappa shape index (κ1) is 74.6. The lowest BCUT2D eigenvalue weighted by Gasteiger charge is -2.39. The number of sulfonamides is 1. The number of fused-ring (bicyclic) bond motifs is 7. The van der Waals surface area contributed by atoms with Crippen LogP contribution in [0.25, 0.3) is 10.8 Å². The van der Waals surface area contributed by atoms with Crippen LogP contribution in [0.15, 0.2) is 144 Å². The highest BCUT2D eigenvalue weighted by molar-refractivity contribution is 9.13. The molecule has 31 heteroatoms. The van der Waals surface area contributed by atoms with Crippen LogP contribution in [-0.4, -0.2) is 150 Å². The van der Waals surface area contributed by atoms with Crippen molar-refractivity contribution in [3.63, 3.8) is 0 Å². The monoisotopic (exact) mass is 1630 g/mol. The zero-order valence-electron chi connectivity index (χ0n) is 55.7. The van der Waals surface area contributed by atoms with E-state index in [4.69, 9.17) is 26.4 Å². The van der Waals surface area contributed by atoms with Gasteiger partial charge in [0.2, 0.25) is 10.0 Å². The average molecular weight is 1630 g/mol. The number of piperidine rings is 3. The molecular weight excluding hydrogens is 1560 g/mol. The van der Waals surface area contributed by atoms with Gasteiger partial charge in [0, 0.05) is 116 Å². The van der Waals surface area contributed by atoms with Crippen molar-refractivity contribution in [2.24, 2.45) is 17.2 Å². The zero-order chi connectivity index (χ0) is 72.7. The van der Waals surface area contributed by atoms with Gasteiger partial charge >= 0.3 is 26.6 Å². The molecule has 0 radical (unpaired) electrons. The summed E-state index contributed by atoms with van der Waals surface area (Å²) in [6.07, 6.45) is 5.57. The predicted octanol–water partition coefficient (Wildman–Crippen LogP) is 10.4. The quantitative estimate of drug-likeness (QED) is 0.0310. The number of ether oxygens (including phenoxy) is 1. The van der Waals surface area contributed by atoms with Gasteiger partial charge in [0.25, 0.3) is 17.7 Å². The van der Waals surface area contributed by atoms with Crippen molar-refractivity contribution in [3.8, 4) is 11.8 Å². The van der Waals surface area contributed by atoms with Crippen LogP contribution in [0.1, 0.15) is 120 Å². The van der Waals surface area contributed by atoms with E-state index in [1.165, 1.54) is 27.0 Å². The van der Waals surface area contributed by atoms with Gasteiger partial charge in [-0.05, 0) is 171 Å². The number of anilines is 3. The number of carbonyl (C=O) groups is 4. The van der Waals surface area contributed by atoms with Crippen LogP contribution >= 0.6 is 66.3 Å².